The summed E-state index contributed by atoms with van der Waals surface area (Å²) in [4.78, 5) is 24.1. The molecule has 22 heavy (non-hydrogen) atoms. The standard InChI is InChI=1S/C15H19F3O4/c1-8(15(16,17)18)22-12(21)14-5-9-2-10(6-14)4-13(3-9,7-14)11(19)20/h8-10H,2-7H2,1H3,(H,19,20). The molecule has 0 aromatic heterocycles. The van der Waals surface area contributed by atoms with Crippen molar-refractivity contribution in [1.82, 2.24) is 0 Å². The molecular weight excluding hydrogens is 301 g/mol. The summed E-state index contributed by atoms with van der Waals surface area (Å²) in [5.74, 6) is -1.59. The number of rotatable bonds is 3. The fourth-order valence-electron chi connectivity index (χ4n) is 5.10. The first-order valence-electron chi connectivity index (χ1n) is 7.58. The van der Waals surface area contributed by atoms with Crippen molar-refractivity contribution in [2.24, 2.45) is 22.7 Å². The Morgan fingerprint density at radius 1 is 1.14 bits per heavy atom. The summed E-state index contributed by atoms with van der Waals surface area (Å²) in [5, 5.41) is 9.55. The van der Waals surface area contributed by atoms with Crippen LogP contribution in [0, 0.1) is 22.7 Å². The minimum atomic E-state index is -4.59. The molecule has 4 bridgehead atoms. The van der Waals surface area contributed by atoms with Crippen molar-refractivity contribution in [3.05, 3.63) is 0 Å². The van der Waals surface area contributed by atoms with E-state index in [0.717, 1.165) is 13.3 Å². The molecular formula is C15H19F3O4. The zero-order valence-electron chi connectivity index (χ0n) is 12.3. The number of alkyl halides is 3. The summed E-state index contributed by atoms with van der Waals surface area (Å²) in [6.45, 7) is 0.811. The minimum absolute atomic E-state index is 0.103. The lowest BCUT2D eigenvalue weighted by Gasteiger charge is -2.59. The number of aliphatic carboxylic acids is 1. The van der Waals surface area contributed by atoms with Gasteiger partial charge < -0.3 is 9.84 Å². The molecule has 4 rings (SSSR count). The van der Waals surface area contributed by atoms with Crippen LogP contribution in [-0.4, -0.2) is 29.3 Å². The first-order chi connectivity index (χ1) is 10.1. The molecule has 4 saturated carbocycles. The normalized spacial score (nSPS) is 41.3. The number of carboxylic acid groups (broad SMARTS) is 1. The van der Waals surface area contributed by atoms with Crippen molar-refractivity contribution >= 4 is 11.9 Å². The van der Waals surface area contributed by atoms with Crippen LogP contribution in [-0.2, 0) is 14.3 Å². The summed E-state index contributed by atoms with van der Waals surface area (Å²) in [6, 6.07) is 0. The van der Waals surface area contributed by atoms with Crippen LogP contribution in [0.4, 0.5) is 13.2 Å². The second-order valence-electron chi connectivity index (χ2n) is 7.42. The van der Waals surface area contributed by atoms with Crippen molar-refractivity contribution in [1.29, 1.82) is 0 Å². The molecule has 4 fully saturated rings. The summed E-state index contributed by atoms with van der Waals surface area (Å²) >= 11 is 0. The van der Waals surface area contributed by atoms with E-state index in [-0.39, 0.29) is 18.3 Å². The lowest BCUT2D eigenvalue weighted by molar-refractivity contribution is -0.231. The van der Waals surface area contributed by atoms with Crippen molar-refractivity contribution in [3.8, 4) is 0 Å². The number of carbonyl (C=O) groups excluding carboxylic acids is 1. The molecule has 4 aliphatic carbocycles. The van der Waals surface area contributed by atoms with E-state index in [0.29, 0.717) is 25.7 Å². The van der Waals surface area contributed by atoms with Gasteiger partial charge in [-0.3, -0.25) is 9.59 Å². The Morgan fingerprint density at radius 2 is 1.64 bits per heavy atom. The molecule has 0 aromatic carbocycles. The van der Waals surface area contributed by atoms with Gasteiger partial charge in [0, 0.05) is 0 Å². The van der Waals surface area contributed by atoms with E-state index in [1.54, 1.807) is 0 Å². The summed E-state index contributed by atoms with van der Waals surface area (Å²) in [5.41, 5.74) is -1.99. The van der Waals surface area contributed by atoms with Crippen LogP contribution in [0.1, 0.15) is 45.4 Å². The molecule has 0 heterocycles. The van der Waals surface area contributed by atoms with Crippen LogP contribution in [0.2, 0.25) is 0 Å². The van der Waals surface area contributed by atoms with Gasteiger partial charge in [-0.25, -0.2) is 0 Å². The Hall–Kier alpha value is -1.27. The highest BCUT2D eigenvalue weighted by molar-refractivity contribution is 5.82. The molecule has 4 aliphatic rings. The number of ether oxygens (including phenoxy) is 1. The van der Waals surface area contributed by atoms with Gasteiger partial charge in [0.2, 0.25) is 0 Å². The Morgan fingerprint density at radius 3 is 2.09 bits per heavy atom. The molecule has 0 saturated heterocycles. The van der Waals surface area contributed by atoms with Gasteiger partial charge in [0.05, 0.1) is 10.8 Å². The summed E-state index contributed by atoms with van der Waals surface area (Å²) in [6.07, 6.45) is -3.78. The largest absolute Gasteiger partial charge is 0.481 e. The number of halogens is 3. The van der Waals surface area contributed by atoms with Gasteiger partial charge >= 0.3 is 18.1 Å². The van der Waals surface area contributed by atoms with E-state index in [1.807, 2.05) is 0 Å². The van der Waals surface area contributed by atoms with Crippen molar-refractivity contribution in [2.75, 3.05) is 0 Å². The third-order valence-electron chi connectivity index (χ3n) is 5.69. The molecule has 0 spiro atoms. The van der Waals surface area contributed by atoms with E-state index in [2.05, 4.69) is 4.74 Å². The SMILES string of the molecule is CC(OC(=O)C12CC3CC(CC(C(=O)O)(C3)C1)C2)C(F)(F)F. The molecule has 3 unspecified atom stereocenters. The van der Waals surface area contributed by atoms with Gasteiger partial charge in [-0.15, -0.1) is 0 Å². The molecule has 3 atom stereocenters. The topological polar surface area (TPSA) is 63.6 Å². The highest BCUT2D eigenvalue weighted by Crippen LogP contribution is 2.65. The zero-order valence-corrected chi connectivity index (χ0v) is 12.3. The van der Waals surface area contributed by atoms with Crippen LogP contribution in [0.3, 0.4) is 0 Å². The molecule has 0 amide bonds. The van der Waals surface area contributed by atoms with E-state index in [9.17, 15) is 27.9 Å². The average molecular weight is 320 g/mol. The lowest BCUT2D eigenvalue weighted by Crippen LogP contribution is -2.58. The van der Waals surface area contributed by atoms with Crippen molar-refractivity contribution in [3.63, 3.8) is 0 Å². The number of carbonyl (C=O) groups is 2. The van der Waals surface area contributed by atoms with Crippen LogP contribution >= 0.6 is 0 Å². The van der Waals surface area contributed by atoms with Crippen LogP contribution in [0.25, 0.3) is 0 Å². The van der Waals surface area contributed by atoms with Crippen molar-refractivity contribution < 1.29 is 32.6 Å². The Bertz CT molecular complexity index is 499. The maximum Gasteiger partial charge on any atom is 0.425 e. The smallest absolute Gasteiger partial charge is 0.425 e. The lowest BCUT2D eigenvalue weighted by atomic mass is 9.44. The van der Waals surface area contributed by atoms with Crippen LogP contribution < -0.4 is 0 Å². The van der Waals surface area contributed by atoms with Gasteiger partial charge in [-0.2, -0.15) is 13.2 Å². The van der Waals surface area contributed by atoms with Crippen LogP contribution in [0.15, 0.2) is 0 Å². The number of carboxylic acids is 1. The van der Waals surface area contributed by atoms with Gasteiger partial charge in [0.25, 0.3) is 0 Å². The highest BCUT2D eigenvalue weighted by Gasteiger charge is 2.64. The fourth-order valence-corrected chi connectivity index (χ4v) is 5.10. The predicted octanol–water partition coefficient (Wildman–Crippen LogP) is 3.15. The molecule has 0 aliphatic heterocycles. The zero-order chi connectivity index (χ0) is 16.3. The Balaban J connectivity index is 1.84. The second-order valence-corrected chi connectivity index (χ2v) is 7.42. The first-order valence-corrected chi connectivity index (χ1v) is 7.58. The number of hydrogen-bond donors (Lipinski definition) is 1. The van der Waals surface area contributed by atoms with Gasteiger partial charge in [-0.05, 0) is 57.3 Å². The summed E-state index contributed by atoms with van der Waals surface area (Å²) < 4.78 is 42.5. The monoisotopic (exact) mass is 320 g/mol. The van der Waals surface area contributed by atoms with Gasteiger partial charge in [0.1, 0.15) is 0 Å². The molecule has 1 N–H and O–H groups in total. The van der Waals surface area contributed by atoms with Crippen LogP contribution in [0.5, 0.6) is 0 Å². The van der Waals surface area contributed by atoms with E-state index in [4.69, 9.17) is 0 Å². The molecule has 7 heteroatoms. The molecule has 0 aromatic rings. The summed E-state index contributed by atoms with van der Waals surface area (Å²) in [7, 11) is 0. The predicted molar refractivity (Wildman–Crippen MR) is 68.8 cm³/mol. The van der Waals surface area contributed by atoms with E-state index < -0.39 is 35.0 Å². The van der Waals surface area contributed by atoms with Gasteiger partial charge in [0.15, 0.2) is 6.10 Å². The maximum absolute atomic E-state index is 12.6. The third-order valence-corrected chi connectivity index (χ3v) is 5.69. The van der Waals surface area contributed by atoms with E-state index in [1.165, 1.54) is 0 Å². The first kappa shape index (κ1) is 15.6. The number of hydrogen-bond acceptors (Lipinski definition) is 3. The highest BCUT2D eigenvalue weighted by atomic mass is 19.4. The number of esters is 1. The second kappa shape index (κ2) is 4.61. The molecule has 124 valence electrons. The van der Waals surface area contributed by atoms with E-state index >= 15 is 0 Å². The minimum Gasteiger partial charge on any atom is -0.481 e. The Kier molecular flexibility index (Phi) is 3.28. The Labute approximate surface area is 126 Å². The maximum atomic E-state index is 12.6. The van der Waals surface area contributed by atoms with Gasteiger partial charge in [-0.1, -0.05) is 0 Å². The average Bonchev–Trinajstić information content (AvgIpc) is 2.35. The van der Waals surface area contributed by atoms with Crippen molar-refractivity contribution in [2.45, 2.75) is 57.7 Å². The fraction of sp³-hybridized carbons (Fsp3) is 0.867. The third kappa shape index (κ3) is 2.29. The molecule has 0 radical (unpaired) electrons. The molecule has 4 nitrogen and oxygen atoms in total. The quantitative estimate of drug-likeness (QED) is 0.811.